The number of para-hydroxylation sites is 2. The Morgan fingerprint density at radius 3 is 2.32 bits per heavy atom. The molecule has 8 nitrogen and oxygen atoms in total. The maximum absolute atomic E-state index is 13.1. The average Bonchev–Trinajstić information content (AvgIpc) is 2.56. The topological polar surface area (TPSA) is 118 Å². The van der Waals surface area contributed by atoms with Crippen molar-refractivity contribution in [1.29, 1.82) is 0 Å². The van der Waals surface area contributed by atoms with Crippen LogP contribution in [-0.4, -0.2) is 30.5 Å². The molecule has 0 radical (unpaired) electrons. The smallest absolute Gasteiger partial charge is 0.327 e. The van der Waals surface area contributed by atoms with E-state index in [0.29, 0.717) is 7.88 Å². The quantitative estimate of drug-likeness (QED) is 0.389. The number of benzene rings is 2. The largest absolute Gasteiger partial charge is 0.480 e. The first-order chi connectivity index (χ1) is 11.7. The van der Waals surface area contributed by atoms with Gasteiger partial charge in [0, 0.05) is 9.64 Å². The van der Waals surface area contributed by atoms with E-state index in [4.69, 9.17) is 0 Å². The van der Waals surface area contributed by atoms with Crippen molar-refractivity contribution >= 4 is 50.0 Å². The zero-order valence-corrected chi connectivity index (χ0v) is 15.8. The molecule has 0 amide bonds. The number of nitro groups is 1. The highest BCUT2D eigenvalue weighted by Crippen LogP contribution is 2.33. The molecule has 2 aromatic carbocycles. The normalized spacial score (nSPS) is 12.4. The van der Waals surface area contributed by atoms with E-state index in [0.717, 1.165) is 12.1 Å². The van der Waals surface area contributed by atoms with Gasteiger partial charge in [-0.15, -0.1) is 0 Å². The Hall–Kier alpha value is -2.21. The Kier molecular flexibility index (Phi) is 5.62. The number of carbonyl (C=O) groups is 1. The summed E-state index contributed by atoms with van der Waals surface area (Å²) in [7, 11) is -4.49. The molecule has 2 aromatic rings. The SMILES string of the molecule is CC(C(=O)O)N(c1ccccc1I)S(=O)(=O)c1ccccc1[N+](=O)[O-]. The molecule has 0 aliphatic heterocycles. The Morgan fingerprint density at radius 1 is 1.20 bits per heavy atom. The molecule has 1 atom stereocenters. The van der Waals surface area contributed by atoms with Gasteiger partial charge in [0.15, 0.2) is 4.90 Å². The first-order valence-corrected chi connectivity index (χ1v) is 9.45. The lowest BCUT2D eigenvalue weighted by atomic mass is 10.2. The molecular weight excluding hydrogens is 463 g/mol. The van der Waals surface area contributed by atoms with Gasteiger partial charge in [0.2, 0.25) is 0 Å². The van der Waals surface area contributed by atoms with Crippen molar-refractivity contribution in [3.63, 3.8) is 0 Å². The lowest BCUT2D eigenvalue weighted by Gasteiger charge is -2.28. The van der Waals surface area contributed by atoms with Crippen LogP contribution >= 0.6 is 22.6 Å². The zero-order valence-electron chi connectivity index (χ0n) is 12.9. The van der Waals surface area contributed by atoms with Gasteiger partial charge in [0.1, 0.15) is 6.04 Å². The molecule has 0 bridgehead atoms. The Balaban J connectivity index is 2.76. The van der Waals surface area contributed by atoms with Crippen LogP contribution in [0.5, 0.6) is 0 Å². The van der Waals surface area contributed by atoms with Crippen molar-refractivity contribution in [3.05, 3.63) is 62.2 Å². The fourth-order valence-corrected chi connectivity index (χ4v) is 4.81. The van der Waals surface area contributed by atoms with Crippen molar-refractivity contribution in [2.24, 2.45) is 0 Å². The first kappa shape index (κ1) is 19.1. The van der Waals surface area contributed by atoms with Gasteiger partial charge in [0.25, 0.3) is 15.7 Å². The summed E-state index contributed by atoms with van der Waals surface area (Å²) in [6, 6.07) is 9.69. The van der Waals surface area contributed by atoms with Crippen LogP contribution in [-0.2, 0) is 14.8 Å². The second-order valence-electron chi connectivity index (χ2n) is 4.99. The highest BCUT2D eigenvalue weighted by molar-refractivity contribution is 14.1. The summed E-state index contributed by atoms with van der Waals surface area (Å²) in [6.07, 6.45) is 0. The van der Waals surface area contributed by atoms with Gasteiger partial charge in [-0.05, 0) is 47.7 Å². The van der Waals surface area contributed by atoms with Crippen LogP contribution in [0.3, 0.4) is 0 Å². The number of anilines is 1. The summed E-state index contributed by atoms with van der Waals surface area (Å²) >= 11 is 1.88. The molecule has 0 aliphatic rings. The fourth-order valence-electron chi connectivity index (χ4n) is 2.21. The van der Waals surface area contributed by atoms with E-state index in [1.165, 1.54) is 25.1 Å². The average molecular weight is 476 g/mol. The van der Waals surface area contributed by atoms with Crippen LogP contribution in [0.15, 0.2) is 53.4 Å². The van der Waals surface area contributed by atoms with Crippen LogP contribution in [0, 0.1) is 13.7 Å². The number of halogens is 1. The number of hydrogen-bond donors (Lipinski definition) is 1. The van der Waals surface area contributed by atoms with Crippen molar-refractivity contribution in [2.45, 2.75) is 17.9 Å². The third kappa shape index (κ3) is 3.74. The summed E-state index contributed by atoms with van der Waals surface area (Å²) < 4.78 is 27.4. The number of hydrogen-bond acceptors (Lipinski definition) is 5. The lowest BCUT2D eigenvalue weighted by molar-refractivity contribution is -0.387. The van der Waals surface area contributed by atoms with Gasteiger partial charge in [-0.3, -0.25) is 14.4 Å². The first-order valence-electron chi connectivity index (χ1n) is 6.93. The predicted octanol–water partition coefficient (Wildman–Crippen LogP) is 2.87. The van der Waals surface area contributed by atoms with Crippen molar-refractivity contribution in [3.8, 4) is 0 Å². The molecule has 0 aromatic heterocycles. The van der Waals surface area contributed by atoms with Gasteiger partial charge in [0.05, 0.1) is 10.6 Å². The molecular formula is C15H13IN2O6S. The van der Waals surface area contributed by atoms with E-state index in [2.05, 4.69) is 0 Å². The maximum Gasteiger partial charge on any atom is 0.327 e. The number of aliphatic carboxylic acids is 1. The Morgan fingerprint density at radius 2 is 1.76 bits per heavy atom. The van der Waals surface area contributed by atoms with Gasteiger partial charge in [-0.25, -0.2) is 13.2 Å². The molecule has 10 heteroatoms. The Bertz CT molecular complexity index is 931. The van der Waals surface area contributed by atoms with Crippen molar-refractivity contribution < 1.29 is 23.2 Å². The predicted molar refractivity (Wildman–Crippen MR) is 99.0 cm³/mol. The Labute approximate surface area is 157 Å². The van der Waals surface area contributed by atoms with E-state index in [9.17, 15) is 28.4 Å². The molecule has 0 aliphatic carbocycles. The second kappa shape index (κ2) is 7.35. The highest BCUT2D eigenvalue weighted by atomic mass is 127. The minimum atomic E-state index is -4.49. The molecule has 0 heterocycles. The third-order valence-electron chi connectivity index (χ3n) is 3.40. The minimum absolute atomic E-state index is 0.135. The molecule has 2 rings (SSSR count). The maximum atomic E-state index is 13.1. The van der Waals surface area contributed by atoms with Crippen LogP contribution < -0.4 is 4.31 Å². The molecule has 0 fully saturated rings. The van der Waals surface area contributed by atoms with Gasteiger partial charge in [-0.2, -0.15) is 0 Å². The number of rotatable bonds is 6. The fraction of sp³-hybridized carbons (Fsp3) is 0.133. The number of carboxylic acid groups (broad SMARTS) is 1. The summed E-state index contributed by atoms with van der Waals surface area (Å²) in [4.78, 5) is 21.3. The molecule has 1 N–H and O–H groups in total. The van der Waals surface area contributed by atoms with E-state index < -0.39 is 37.5 Å². The van der Waals surface area contributed by atoms with Gasteiger partial charge < -0.3 is 5.11 Å². The monoisotopic (exact) mass is 476 g/mol. The summed E-state index contributed by atoms with van der Waals surface area (Å²) in [6.45, 7) is 1.21. The molecule has 0 spiro atoms. The molecule has 1 unspecified atom stereocenters. The third-order valence-corrected chi connectivity index (χ3v) is 6.24. The summed E-state index contributed by atoms with van der Waals surface area (Å²) in [5.74, 6) is -1.37. The molecule has 25 heavy (non-hydrogen) atoms. The van der Waals surface area contributed by atoms with Crippen LogP contribution in [0.2, 0.25) is 0 Å². The minimum Gasteiger partial charge on any atom is -0.480 e. The van der Waals surface area contributed by atoms with E-state index >= 15 is 0 Å². The number of nitrogens with zero attached hydrogens (tertiary/aromatic N) is 2. The van der Waals surface area contributed by atoms with E-state index in [1.807, 2.05) is 22.6 Å². The summed E-state index contributed by atoms with van der Waals surface area (Å²) in [5, 5.41) is 20.6. The second-order valence-corrected chi connectivity index (χ2v) is 7.94. The number of sulfonamides is 1. The van der Waals surface area contributed by atoms with E-state index in [1.54, 1.807) is 18.2 Å². The van der Waals surface area contributed by atoms with Crippen LogP contribution in [0.4, 0.5) is 11.4 Å². The highest BCUT2D eigenvalue weighted by Gasteiger charge is 2.38. The number of carboxylic acids is 1. The molecule has 0 saturated heterocycles. The van der Waals surface area contributed by atoms with Crippen molar-refractivity contribution in [2.75, 3.05) is 4.31 Å². The van der Waals surface area contributed by atoms with Crippen LogP contribution in [0.1, 0.15) is 6.92 Å². The summed E-state index contributed by atoms with van der Waals surface area (Å²) in [5.41, 5.74) is -0.479. The lowest BCUT2D eigenvalue weighted by Crippen LogP contribution is -2.44. The van der Waals surface area contributed by atoms with Gasteiger partial charge in [-0.1, -0.05) is 24.3 Å². The molecule has 132 valence electrons. The standard InChI is InChI=1S/C15H13IN2O6S/c1-10(15(19)20)17(12-7-3-2-6-11(12)16)25(23,24)14-9-5-4-8-13(14)18(21)22/h2-10H,1H3,(H,19,20). The van der Waals surface area contributed by atoms with E-state index in [-0.39, 0.29) is 5.69 Å². The van der Waals surface area contributed by atoms with Crippen molar-refractivity contribution in [1.82, 2.24) is 0 Å². The number of nitro benzene ring substituents is 1. The van der Waals surface area contributed by atoms with Gasteiger partial charge >= 0.3 is 5.97 Å². The molecule has 0 saturated carbocycles. The van der Waals surface area contributed by atoms with Crippen LogP contribution in [0.25, 0.3) is 0 Å². The zero-order chi connectivity index (χ0) is 18.8.